The maximum absolute atomic E-state index is 12.4. The molecule has 1 amide bonds. The smallest absolute Gasteiger partial charge is 0.406 e. The molecule has 4 aromatic rings. The normalized spacial score (nSPS) is 11.6. The first kappa shape index (κ1) is 19.6. The maximum Gasteiger partial charge on any atom is 0.573 e. The van der Waals surface area contributed by atoms with Crippen LogP contribution in [0.25, 0.3) is 22.3 Å². The van der Waals surface area contributed by atoms with Gasteiger partial charge in [-0.3, -0.25) is 9.89 Å². The zero-order valence-electron chi connectivity index (χ0n) is 15.8. The number of aromatic amines is 1. The Morgan fingerprint density at radius 1 is 1.13 bits per heavy atom. The number of rotatable bonds is 5. The fraction of sp³-hybridized carbons (Fsp3) is 0.143. The minimum Gasteiger partial charge on any atom is -0.406 e. The Balaban J connectivity index is 1.52. The Labute approximate surface area is 169 Å². The average Bonchev–Trinajstić information content (AvgIpc) is 3.31. The number of aromatic nitrogens is 3. The zero-order chi connectivity index (χ0) is 21.3. The number of fused-ring (bicyclic) bond motifs is 1. The third-order valence-corrected chi connectivity index (χ3v) is 4.57. The second-order valence-corrected chi connectivity index (χ2v) is 6.53. The quantitative estimate of drug-likeness (QED) is 0.471. The first-order valence-electron chi connectivity index (χ1n) is 9.15. The van der Waals surface area contributed by atoms with E-state index < -0.39 is 18.0 Å². The summed E-state index contributed by atoms with van der Waals surface area (Å²) in [5.74, 6) is -0.588. The number of anilines is 1. The highest BCUT2D eigenvalue weighted by molar-refractivity contribution is 6.04. The molecule has 0 aliphatic carbocycles. The number of para-hydroxylation sites is 1. The lowest BCUT2D eigenvalue weighted by Crippen LogP contribution is -2.17. The van der Waals surface area contributed by atoms with E-state index in [-0.39, 0.29) is 5.56 Å². The number of halogens is 3. The molecule has 154 valence electrons. The number of ether oxygens (including phenoxy) is 1. The Bertz CT molecular complexity index is 1190. The number of nitrogens with zero attached hydrogens (tertiary/aromatic N) is 2. The molecule has 0 spiro atoms. The summed E-state index contributed by atoms with van der Waals surface area (Å²) in [5.41, 5.74) is 2.94. The van der Waals surface area contributed by atoms with Crippen LogP contribution in [0, 0.1) is 0 Å². The van der Waals surface area contributed by atoms with Gasteiger partial charge < -0.3 is 14.6 Å². The number of aryl methyl sites for hydroxylation is 1. The molecule has 0 aliphatic rings. The van der Waals surface area contributed by atoms with Crippen molar-refractivity contribution in [2.24, 2.45) is 0 Å². The number of nitrogens with one attached hydrogen (secondary N) is 2. The van der Waals surface area contributed by atoms with Crippen LogP contribution in [0.15, 0.2) is 60.7 Å². The van der Waals surface area contributed by atoms with E-state index in [1.807, 2.05) is 37.3 Å². The van der Waals surface area contributed by atoms with E-state index in [2.05, 4.69) is 24.8 Å². The van der Waals surface area contributed by atoms with E-state index >= 15 is 0 Å². The Hall–Kier alpha value is -3.75. The summed E-state index contributed by atoms with van der Waals surface area (Å²) in [6.07, 6.45) is -4.78. The van der Waals surface area contributed by atoms with Gasteiger partial charge in [0.2, 0.25) is 0 Å². The van der Waals surface area contributed by atoms with Crippen LogP contribution in [0.5, 0.6) is 5.75 Å². The summed E-state index contributed by atoms with van der Waals surface area (Å²) >= 11 is 0. The van der Waals surface area contributed by atoms with Crippen LogP contribution in [0.2, 0.25) is 0 Å². The van der Waals surface area contributed by atoms with Crippen molar-refractivity contribution >= 4 is 22.6 Å². The van der Waals surface area contributed by atoms with Crippen molar-refractivity contribution in [3.8, 4) is 17.1 Å². The number of benzene rings is 2. The highest BCUT2D eigenvalue weighted by atomic mass is 19.4. The minimum absolute atomic E-state index is 0.178. The number of H-pyrrole nitrogens is 1. The third kappa shape index (κ3) is 4.00. The van der Waals surface area contributed by atoms with Crippen LogP contribution < -0.4 is 10.1 Å². The predicted molar refractivity (Wildman–Crippen MR) is 106 cm³/mol. The van der Waals surface area contributed by atoms with Gasteiger partial charge in [0.25, 0.3) is 5.91 Å². The lowest BCUT2D eigenvalue weighted by Gasteiger charge is -2.09. The standard InChI is InChI=1S/C21H17F3N4O2/c1-2-28-17-6-4-3-5-14(17)11-18(28)16-12-19(27-26-16)25-20(29)13-7-9-15(10-8-13)30-21(22,23)24/h3-12H,2H2,1H3,(H2,25,26,27,29). The molecule has 0 unspecified atom stereocenters. The van der Waals surface area contributed by atoms with Crippen molar-refractivity contribution in [3.05, 3.63) is 66.2 Å². The monoisotopic (exact) mass is 414 g/mol. The van der Waals surface area contributed by atoms with Gasteiger partial charge in [-0.05, 0) is 43.3 Å². The Kier molecular flexibility index (Phi) is 4.94. The summed E-state index contributed by atoms with van der Waals surface area (Å²) in [6, 6.07) is 16.4. The third-order valence-electron chi connectivity index (χ3n) is 4.57. The number of amides is 1. The molecule has 2 aromatic carbocycles. The SMILES string of the molecule is CCn1c(-c2cc(NC(=O)c3ccc(OC(F)(F)F)cc3)n[nH]2)cc2ccccc21. The van der Waals surface area contributed by atoms with Gasteiger partial charge in [0.05, 0.1) is 11.4 Å². The Morgan fingerprint density at radius 3 is 2.57 bits per heavy atom. The molecule has 0 radical (unpaired) electrons. The molecule has 0 saturated carbocycles. The van der Waals surface area contributed by atoms with Crippen molar-refractivity contribution in [1.82, 2.24) is 14.8 Å². The van der Waals surface area contributed by atoms with Crippen LogP contribution in [0.4, 0.5) is 19.0 Å². The molecular weight excluding hydrogens is 397 g/mol. The van der Waals surface area contributed by atoms with Gasteiger partial charge >= 0.3 is 6.36 Å². The molecule has 4 rings (SSSR count). The van der Waals surface area contributed by atoms with Gasteiger partial charge in [-0.2, -0.15) is 5.10 Å². The minimum atomic E-state index is -4.78. The fourth-order valence-electron chi connectivity index (χ4n) is 3.29. The van der Waals surface area contributed by atoms with E-state index in [4.69, 9.17) is 0 Å². The van der Waals surface area contributed by atoms with Gasteiger partial charge in [0.1, 0.15) is 5.75 Å². The Morgan fingerprint density at radius 2 is 1.87 bits per heavy atom. The van der Waals surface area contributed by atoms with Crippen molar-refractivity contribution in [3.63, 3.8) is 0 Å². The molecule has 0 aliphatic heterocycles. The molecule has 0 fully saturated rings. The summed E-state index contributed by atoms with van der Waals surface area (Å²) in [7, 11) is 0. The van der Waals surface area contributed by atoms with E-state index in [1.165, 1.54) is 12.1 Å². The number of hydrogen-bond acceptors (Lipinski definition) is 3. The zero-order valence-corrected chi connectivity index (χ0v) is 15.8. The highest BCUT2D eigenvalue weighted by Gasteiger charge is 2.31. The van der Waals surface area contributed by atoms with E-state index in [9.17, 15) is 18.0 Å². The second-order valence-electron chi connectivity index (χ2n) is 6.53. The van der Waals surface area contributed by atoms with Crippen molar-refractivity contribution in [1.29, 1.82) is 0 Å². The lowest BCUT2D eigenvalue weighted by molar-refractivity contribution is -0.274. The van der Waals surface area contributed by atoms with Crippen LogP contribution in [0.3, 0.4) is 0 Å². The molecule has 30 heavy (non-hydrogen) atoms. The summed E-state index contributed by atoms with van der Waals surface area (Å²) in [6.45, 7) is 2.80. The van der Waals surface area contributed by atoms with Crippen LogP contribution in [-0.4, -0.2) is 27.0 Å². The number of carbonyl (C=O) groups is 1. The van der Waals surface area contributed by atoms with Crippen LogP contribution >= 0.6 is 0 Å². The lowest BCUT2D eigenvalue weighted by atomic mass is 10.2. The van der Waals surface area contributed by atoms with Crippen LogP contribution in [-0.2, 0) is 6.54 Å². The van der Waals surface area contributed by atoms with Crippen molar-refractivity contribution < 1.29 is 22.7 Å². The summed E-state index contributed by atoms with van der Waals surface area (Å²) in [4.78, 5) is 12.4. The van der Waals surface area contributed by atoms with E-state index in [0.717, 1.165) is 41.0 Å². The van der Waals surface area contributed by atoms with Gasteiger partial charge in [-0.15, -0.1) is 13.2 Å². The highest BCUT2D eigenvalue weighted by Crippen LogP contribution is 2.28. The molecular formula is C21H17F3N4O2. The maximum atomic E-state index is 12.4. The van der Waals surface area contributed by atoms with Gasteiger partial charge in [-0.25, -0.2) is 0 Å². The number of hydrogen-bond donors (Lipinski definition) is 2. The van der Waals surface area contributed by atoms with Gasteiger partial charge in [-0.1, -0.05) is 18.2 Å². The topological polar surface area (TPSA) is 71.9 Å². The average molecular weight is 414 g/mol. The molecule has 2 N–H and O–H groups in total. The van der Waals surface area contributed by atoms with Gasteiger partial charge in [0, 0.05) is 29.1 Å². The van der Waals surface area contributed by atoms with Crippen molar-refractivity contribution in [2.75, 3.05) is 5.32 Å². The molecule has 6 nitrogen and oxygen atoms in total. The van der Waals surface area contributed by atoms with Crippen LogP contribution in [0.1, 0.15) is 17.3 Å². The molecule has 2 heterocycles. The summed E-state index contributed by atoms with van der Waals surface area (Å²) in [5, 5.41) is 10.8. The van der Waals surface area contributed by atoms with E-state index in [1.54, 1.807) is 6.07 Å². The van der Waals surface area contributed by atoms with E-state index in [0.29, 0.717) is 5.82 Å². The first-order chi connectivity index (χ1) is 14.3. The van der Waals surface area contributed by atoms with Gasteiger partial charge in [0.15, 0.2) is 5.82 Å². The molecule has 0 atom stereocenters. The molecule has 2 aromatic heterocycles. The number of alkyl halides is 3. The molecule has 9 heteroatoms. The molecule has 0 saturated heterocycles. The summed E-state index contributed by atoms with van der Waals surface area (Å²) < 4.78 is 42.6. The largest absolute Gasteiger partial charge is 0.573 e. The molecule has 0 bridgehead atoms. The second kappa shape index (κ2) is 7.58. The fourth-order valence-corrected chi connectivity index (χ4v) is 3.29. The predicted octanol–water partition coefficient (Wildman–Crippen LogP) is 5.20. The number of carbonyl (C=O) groups excluding carboxylic acids is 1. The first-order valence-corrected chi connectivity index (χ1v) is 9.15. The van der Waals surface area contributed by atoms with Crippen molar-refractivity contribution in [2.45, 2.75) is 19.8 Å².